The lowest BCUT2D eigenvalue weighted by molar-refractivity contribution is -0.149. The van der Waals surface area contributed by atoms with Gasteiger partial charge in [-0.3, -0.25) is 19.2 Å². The van der Waals surface area contributed by atoms with Gasteiger partial charge in [0.2, 0.25) is 5.91 Å². The number of halogens is 3. The lowest BCUT2D eigenvalue weighted by Crippen LogP contribution is -2.42. The molecule has 2 amide bonds. The molecule has 1 aliphatic rings. The number of esters is 2. The second-order valence-electron chi connectivity index (χ2n) is 12.5. The normalized spacial score (nSPS) is 16.1. The minimum absolute atomic E-state index is 0.0458. The van der Waals surface area contributed by atoms with Gasteiger partial charge >= 0.3 is 18.1 Å². The monoisotopic (exact) mass is 667 g/mol. The van der Waals surface area contributed by atoms with Crippen molar-refractivity contribution in [1.82, 2.24) is 15.2 Å². The zero-order valence-corrected chi connectivity index (χ0v) is 28.0. The fourth-order valence-electron chi connectivity index (χ4n) is 5.60. The maximum atomic E-state index is 13.4. The van der Waals surface area contributed by atoms with Crippen LogP contribution in [0.4, 0.5) is 13.2 Å². The van der Waals surface area contributed by atoms with Crippen molar-refractivity contribution in [2.75, 3.05) is 14.2 Å². The molecule has 9 nitrogen and oxygen atoms in total. The first-order valence-electron chi connectivity index (χ1n) is 15.5. The molecular weight excluding hydrogens is 623 g/mol. The van der Waals surface area contributed by atoms with E-state index in [1.165, 1.54) is 31.5 Å². The molecular formula is C33H44F3N3O6S. The number of alkyl halides is 3. The van der Waals surface area contributed by atoms with Gasteiger partial charge in [-0.2, -0.15) is 13.2 Å². The Kier molecular flexibility index (Phi) is 13.2. The van der Waals surface area contributed by atoms with E-state index in [1.807, 2.05) is 13.8 Å². The number of hydrogen-bond donors (Lipinski definition) is 1. The highest BCUT2D eigenvalue weighted by Crippen LogP contribution is 2.33. The molecule has 1 aromatic carbocycles. The Balaban J connectivity index is 1.78. The van der Waals surface area contributed by atoms with Crippen molar-refractivity contribution in [3.8, 4) is 0 Å². The van der Waals surface area contributed by atoms with Crippen LogP contribution in [0.25, 0.3) is 0 Å². The van der Waals surface area contributed by atoms with Gasteiger partial charge in [-0.1, -0.05) is 39.3 Å². The first-order valence-corrected chi connectivity index (χ1v) is 16.4. The van der Waals surface area contributed by atoms with Gasteiger partial charge in [0.05, 0.1) is 18.6 Å². The third kappa shape index (κ3) is 10.5. The maximum Gasteiger partial charge on any atom is 0.416 e. The third-order valence-corrected chi connectivity index (χ3v) is 9.42. The van der Waals surface area contributed by atoms with Crippen LogP contribution in [-0.4, -0.2) is 59.9 Å². The first-order chi connectivity index (χ1) is 21.6. The number of nitrogens with one attached hydrogen (secondary N) is 1. The highest BCUT2D eigenvalue weighted by atomic mass is 32.1. The Morgan fingerprint density at radius 3 is 2.26 bits per heavy atom. The Bertz CT molecular complexity index is 1340. The van der Waals surface area contributed by atoms with Crippen LogP contribution >= 0.6 is 11.3 Å². The van der Waals surface area contributed by atoms with Crippen LogP contribution in [0.15, 0.2) is 29.6 Å². The van der Waals surface area contributed by atoms with Crippen LogP contribution < -0.4 is 5.32 Å². The topological polar surface area (TPSA) is 115 Å². The van der Waals surface area contributed by atoms with Crippen molar-refractivity contribution in [2.24, 2.45) is 17.8 Å². The number of carbonyl (C=O) groups excluding carboxylic acids is 4. The summed E-state index contributed by atoms with van der Waals surface area (Å²) in [6.45, 7) is 6.92. The zero-order valence-electron chi connectivity index (χ0n) is 27.2. The van der Waals surface area contributed by atoms with Gasteiger partial charge in [0.25, 0.3) is 5.91 Å². The number of hydrogen-bond acceptors (Lipinski definition) is 8. The van der Waals surface area contributed by atoms with Crippen LogP contribution in [0.3, 0.4) is 0 Å². The van der Waals surface area contributed by atoms with Crippen molar-refractivity contribution in [1.29, 1.82) is 0 Å². The van der Waals surface area contributed by atoms with Crippen LogP contribution in [-0.2, 0) is 36.5 Å². The number of amides is 2. The fraction of sp³-hybridized carbons (Fsp3) is 0.606. The number of methoxy groups -OCH3 is 1. The standard InChI is InChI=1S/C33H44F3N3O6S/c1-19(2)27(39(5)29(41)16-22-8-7-9-22)17-28(45-21(4)40)31-38-26(18-46-31)30(42)37-25(14-20(3)32(43)44-6)15-23-10-12-24(13-11-23)33(34,35)36/h10-13,18-20,22,25,27-28H,7-9,14-17H2,1-6H3,(H,37,42)/t20?,25-,27?,28?/m1/s1. The molecule has 0 bridgehead atoms. The molecule has 0 radical (unpaired) electrons. The minimum Gasteiger partial charge on any atom is -0.469 e. The Morgan fingerprint density at radius 2 is 1.74 bits per heavy atom. The van der Waals surface area contributed by atoms with E-state index in [0.29, 0.717) is 29.3 Å². The molecule has 13 heteroatoms. The summed E-state index contributed by atoms with van der Waals surface area (Å²) in [5, 5.41) is 4.80. The second-order valence-corrected chi connectivity index (χ2v) is 13.3. The molecule has 1 heterocycles. The molecule has 1 aliphatic carbocycles. The molecule has 0 aliphatic heterocycles. The molecule has 46 heavy (non-hydrogen) atoms. The fourth-order valence-corrected chi connectivity index (χ4v) is 6.44. The molecule has 1 saturated carbocycles. The smallest absolute Gasteiger partial charge is 0.416 e. The highest BCUT2D eigenvalue weighted by molar-refractivity contribution is 7.09. The van der Waals surface area contributed by atoms with E-state index in [0.717, 1.165) is 42.7 Å². The van der Waals surface area contributed by atoms with E-state index >= 15 is 0 Å². The van der Waals surface area contributed by atoms with Crippen molar-refractivity contribution in [3.63, 3.8) is 0 Å². The van der Waals surface area contributed by atoms with E-state index in [9.17, 15) is 32.3 Å². The SMILES string of the molecule is COC(=O)C(C)C[C@H](Cc1ccc(C(F)(F)F)cc1)NC(=O)c1csc(C(CC(C(C)C)N(C)C(=O)CC2CCC2)OC(C)=O)n1. The van der Waals surface area contributed by atoms with Gasteiger partial charge in [0.15, 0.2) is 6.10 Å². The van der Waals surface area contributed by atoms with E-state index in [-0.39, 0.29) is 36.4 Å². The Morgan fingerprint density at radius 1 is 1.09 bits per heavy atom. The summed E-state index contributed by atoms with van der Waals surface area (Å²) in [6.07, 6.45) is -0.903. The van der Waals surface area contributed by atoms with Crippen LogP contribution in [0, 0.1) is 17.8 Å². The minimum atomic E-state index is -4.48. The summed E-state index contributed by atoms with van der Waals surface area (Å²) in [4.78, 5) is 56.9. The van der Waals surface area contributed by atoms with E-state index in [1.54, 1.807) is 18.9 Å². The van der Waals surface area contributed by atoms with Gasteiger partial charge in [-0.25, -0.2) is 4.98 Å². The molecule has 1 fully saturated rings. The lowest BCUT2D eigenvalue weighted by atomic mass is 9.82. The number of aromatic nitrogens is 1. The molecule has 1 N–H and O–H groups in total. The largest absolute Gasteiger partial charge is 0.469 e. The van der Waals surface area contributed by atoms with E-state index in [2.05, 4.69) is 10.3 Å². The van der Waals surface area contributed by atoms with Gasteiger partial charge in [-0.05, 0) is 55.2 Å². The van der Waals surface area contributed by atoms with E-state index < -0.39 is 47.6 Å². The summed E-state index contributed by atoms with van der Waals surface area (Å²) >= 11 is 1.15. The molecule has 1 aromatic heterocycles. The van der Waals surface area contributed by atoms with Gasteiger partial charge in [0, 0.05) is 44.3 Å². The summed E-state index contributed by atoms with van der Waals surface area (Å²) in [6, 6.07) is 3.76. The van der Waals surface area contributed by atoms with Gasteiger partial charge in [0.1, 0.15) is 10.7 Å². The quantitative estimate of drug-likeness (QED) is 0.220. The molecule has 254 valence electrons. The molecule has 3 unspecified atom stereocenters. The zero-order chi connectivity index (χ0) is 34.2. The summed E-state index contributed by atoms with van der Waals surface area (Å²) in [7, 11) is 3.02. The number of benzene rings is 1. The molecule has 2 aromatic rings. The molecule has 0 saturated heterocycles. The maximum absolute atomic E-state index is 13.4. The average molecular weight is 668 g/mol. The number of nitrogens with zero attached hydrogens (tertiary/aromatic N) is 2. The van der Waals surface area contributed by atoms with Crippen molar-refractivity contribution in [2.45, 2.75) is 97.0 Å². The van der Waals surface area contributed by atoms with Crippen molar-refractivity contribution >= 4 is 35.1 Å². The predicted molar refractivity (Wildman–Crippen MR) is 167 cm³/mol. The lowest BCUT2D eigenvalue weighted by Gasteiger charge is -2.35. The van der Waals surface area contributed by atoms with Crippen molar-refractivity contribution < 1.29 is 41.8 Å². The number of carbonyl (C=O) groups is 4. The third-order valence-electron chi connectivity index (χ3n) is 8.48. The molecule has 0 spiro atoms. The van der Waals surface area contributed by atoms with Crippen molar-refractivity contribution in [3.05, 3.63) is 51.5 Å². The van der Waals surface area contributed by atoms with Gasteiger partial charge < -0.3 is 19.7 Å². The Labute approximate surface area is 272 Å². The first kappa shape index (κ1) is 37.0. The summed E-state index contributed by atoms with van der Waals surface area (Å²) in [5.74, 6) is -1.64. The average Bonchev–Trinajstić information content (AvgIpc) is 3.46. The van der Waals surface area contributed by atoms with E-state index in [4.69, 9.17) is 9.47 Å². The van der Waals surface area contributed by atoms with Crippen LogP contribution in [0.1, 0.15) is 98.9 Å². The highest BCUT2D eigenvalue weighted by Gasteiger charge is 2.33. The summed E-state index contributed by atoms with van der Waals surface area (Å²) in [5.41, 5.74) is -0.179. The number of rotatable bonds is 15. The van der Waals surface area contributed by atoms with Crippen LogP contribution in [0.5, 0.6) is 0 Å². The Hall–Kier alpha value is -3.48. The summed E-state index contributed by atoms with van der Waals surface area (Å²) < 4.78 is 49.6. The molecule has 3 rings (SSSR count). The second kappa shape index (κ2) is 16.4. The predicted octanol–water partition coefficient (Wildman–Crippen LogP) is 6.37. The number of thiazole rings is 1. The number of ether oxygens (including phenoxy) is 2. The van der Waals surface area contributed by atoms with Crippen LogP contribution in [0.2, 0.25) is 0 Å². The molecule has 4 atom stereocenters. The van der Waals surface area contributed by atoms with Gasteiger partial charge in [-0.15, -0.1) is 11.3 Å².